The van der Waals surface area contributed by atoms with Crippen LogP contribution in [0, 0.1) is 0 Å². The van der Waals surface area contributed by atoms with E-state index in [4.69, 9.17) is 9.47 Å². The highest BCUT2D eigenvalue weighted by Crippen LogP contribution is 2.30. The Morgan fingerprint density at radius 3 is 2.91 bits per heavy atom. The normalized spacial score (nSPS) is 38.4. The molecule has 2 fully saturated rings. The average molecular weight is 156 g/mol. The van der Waals surface area contributed by atoms with Crippen molar-refractivity contribution < 1.29 is 14.3 Å². The molecule has 2 aliphatic rings. The molecule has 0 aromatic heterocycles. The van der Waals surface area contributed by atoms with Crippen molar-refractivity contribution in [2.45, 2.75) is 24.9 Å². The second-order valence-corrected chi connectivity index (χ2v) is 3.30. The van der Waals surface area contributed by atoms with E-state index in [0.29, 0.717) is 31.8 Å². The Morgan fingerprint density at radius 1 is 1.36 bits per heavy atom. The van der Waals surface area contributed by atoms with Gasteiger partial charge in [0.2, 0.25) is 0 Å². The van der Waals surface area contributed by atoms with E-state index >= 15 is 0 Å². The lowest BCUT2D eigenvalue weighted by Gasteiger charge is -2.30. The van der Waals surface area contributed by atoms with E-state index in [1.807, 2.05) is 0 Å². The number of ether oxygens (including phenoxy) is 2. The van der Waals surface area contributed by atoms with Gasteiger partial charge in [0.25, 0.3) is 0 Å². The Labute approximate surface area is 65.7 Å². The number of carbonyl (C=O) groups is 1. The molecule has 0 bridgehead atoms. The lowest BCUT2D eigenvalue weighted by atomic mass is 9.92. The molecule has 0 aromatic carbocycles. The monoisotopic (exact) mass is 156 g/mol. The Bertz CT molecular complexity index is 170. The Hall–Kier alpha value is -0.410. The maximum atomic E-state index is 11.1. The largest absolute Gasteiger partial charge is 0.378 e. The minimum atomic E-state index is -0.227. The predicted octanol–water partition coefficient (Wildman–Crippen LogP) is 0.525. The summed E-state index contributed by atoms with van der Waals surface area (Å²) in [6, 6.07) is 0. The van der Waals surface area contributed by atoms with Crippen molar-refractivity contribution in [2.24, 2.45) is 0 Å². The van der Waals surface area contributed by atoms with Crippen LogP contribution in [-0.4, -0.2) is 31.2 Å². The summed E-state index contributed by atoms with van der Waals surface area (Å²) >= 11 is 0. The number of hydrogen-bond donors (Lipinski definition) is 0. The van der Waals surface area contributed by atoms with E-state index in [1.165, 1.54) is 0 Å². The van der Waals surface area contributed by atoms with E-state index in [0.717, 1.165) is 13.0 Å². The minimum absolute atomic E-state index is 0.227. The van der Waals surface area contributed by atoms with Crippen LogP contribution in [0.4, 0.5) is 0 Å². The number of rotatable bonds is 0. The van der Waals surface area contributed by atoms with Gasteiger partial charge in [-0.25, -0.2) is 0 Å². The van der Waals surface area contributed by atoms with Gasteiger partial charge in [0.05, 0.1) is 13.2 Å². The third-order valence-corrected chi connectivity index (χ3v) is 2.38. The fraction of sp³-hybridized carbons (Fsp3) is 0.875. The summed E-state index contributed by atoms with van der Waals surface area (Å²) in [5.74, 6) is 0.321. The highest BCUT2D eigenvalue weighted by molar-refractivity contribution is 5.80. The molecule has 1 atom stereocenters. The van der Waals surface area contributed by atoms with Crippen molar-refractivity contribution >= 4 is 5.78 Å². The summed E-state index contributed by atoms with van der Waals surface area (Å²) in [7, 11) is 0. The Kier molecular flexibility index (Phi) is 1.69. The first-order valence-electron chi connectivity index (χ1n) is 4.04. The first-order valence-corrected chi connectivity index (χ1v) is 4.04. The van der Waals surface area contributed by atoms with Crippen molar-refractivity contribution in [1.29, 1.82) is 0 Å². The topological polar surface area (TPSA) is 35.5 Å². The molecular weight excluding hydrogens is 144 g/mol. The van der Waals surface area contributed by atoms with Gasteiger partial charge in [0, 0.05) is 25.9 Å². The van der Waals surface area contributed by atoms with E-state index < -0.39 is 0 Å². The highest BCUT2D eigenvalue weighted by Gasteiger charge is 2.40. The molecule has 2 rings (SSSR count). The fourth-order valence-corrected chi connectivity index (χ4v) is 1.72. The quantitative estimate of drug-likeness (QED) is 0.513. The minimum Gasteiger partial charge on any atom is -0.378 e. The van der Waals surface area contributed by atoms with E-state index in [2.05, 4.69) is 0 Å². The van der Waals surface area contributed by atoms with Crippen molar-refractivity contribution in [3.63, 3.8) is 0 Å². The number of carbonyl (C=O) groups excluding carboxylic acids is 1. The van der Waals surface area contributed by atoms with Crippen molar-refractivity contribution in [3.05, 3.63) is 0 Å². The van der Waals surface area contributed by atoms with E-state index in [-0.39, 0.29) is 5.60 Å². The number of Topliss-reactive ketones (excluding diaryl/α,β-unsaturated/α-hetero) is 1. The van der Waals surface area contributed by atoms with Crippen molar-refractivity contribution in [3.8, 4) is 0 Å². The summed E-state index contributed by atoms with van der Waals surface area (Å²) in [4.78, 5) is 11.1. The molecule has 0 aliphatic carbocycles. The van der Waals surface area contributed by atoms with Gasteiger partial charge in [-0.15, -0.1) is 0 Å². The molecule has 3 nitrogen and oxygen atoms in total. The third kappa shape index (κ3) is 1.30. The molecule has 2 heterocycles. The molecule has 1 spiro atoms. The second kappa shape index (κ2) is 2.57. The standard InChI is InChI=1S/C8H12O3/c9-7-1-3-11-8(5-7)2-4-10-6-8/h1-6H2/t8-/m1/s1. The molecule has 0 radical (unpaired) electrons. The lowest BCUT2D eigenvalue weighted by molar-refractivity contribution is -0.139. The molecule has 0 saturated carbocycles. The molecule has 11 heavy (non-hydrogen) atoms. The second-order valence-electron chi connectivity index (χ2n) is 3.30. The molecule has 62 valence electrons. The summed E-state index contributed by atoms with van der Waals surface area (Å²) in [5, 5.41) is 0. The zero-order chi connectivity index (χ0) is 7.73. The van der Waals surface area contributed by atoms with Crippen LogP contribution in [-0.2, 0) is 14.3 Å². The van der Waals surface area contributed by atoms with Crippen LogP contribution in [0.25, 0.3) is 0 Å². The maximum absolute atomic E-state index is 11.1. The molecule has 0 N–H and O–H groups in total. The first-order chi connectivity index (χ1) is 5.31. The molecule has 0 unspecified atom stereocenters. The van der Waals surface area contributed by atoms with Gasteiger partial charge in [-0.2, -0.15) is 0 Å². The van der Waals surface area contributed by atoms with Crippen LogP contribution in [0.2, 0.25) is 0 Å². The van der Waals surface area contributed by atoms with Gasteiger partial charge in [0.15, 0.2) is 0 Å². The number of hydrogen-bond acceptors (Lipinski definition) is 3. The maximum Gasteiger partial charge on any atom is 0.138 e. The van der Waals surface area contributed by atoms with Crippen molar-refractivity contribution in [2.75, 3.05) is 19.8 Å². The summed E-state index contributed by atoms with van der Waals surface area (Å²) in [6.45, 7) is 1.94. The van der Waals surface area contributed by atoms with Crippen LogP contribution in [0.3, 0.4) is 0 Å². The zero-order valence-corrected chi connectivity index (χ0v) is 6.47. The van der Waals surface area contributed by atoms with Gasteiger partial charge in [-0.1, -0.05) is 0 Å². The third-order valence-electron chi connectivity index (χ3n) is 2.38. The summed E-state index contributed by atoms with van der Waals surface area (Å²) in [6.07, 6.45) is 2.04. The Balaban J connectivity index is 2.05. The van der Waals surface area contributed by atoms with Crippen molar-refractivity contribution in [1.82, 2.24) is 0 Å². The van der Waals surface area contributed by atoms with Gasteiger partial charge in [-0.3, -0.25) is 4.79 Å². The van der Waals surface area contributed by atoms with Crippen LogP contribution < -0.4 is 0 Å². The molecule has 2 aliphatic heterocycles. The SMILES string of the molecule is O=C1CCO[C@]2(CCOC2)C1. The Morgan fingerprint density at radius 2 is 2.27 bits per heavy atom. The summed E-state index contributed by atoms with van der Waals surface area (Å²) in [5.41, 5.74) is -0.227. The lowest BCUT2D eigenvalue weighted by Crippen LogP contribution is -2.40. The zero-order valence-electron chi connectivity index (χ0n) is 6.47. The van der Waals surface area contributed by atoms with Gasteiger partial charge < -0.3 is 9.47 Å². The van der Waals surface area contributed by atoms with E-state index in [9.17, 15) is 4.79 Å². The van der Waals surface area contributed by atoms with Crippen LogP contribution in [0.5, 0.6) is 0 Å². The van der Waals surface area contributed by atoms with Gasteiger partial charge in [-0.05, 0) is 0 Å². The average Bonchev–Trinajstić information content (AvgIpc) is 2.37. The smallest absolute Gasteiger partial charge is 0.138 e. The number of ketones is 1. The van der Waals surface area contributed by atoms with Crippen LogP contribution in [0.1, 0.15) is 19.3 Å². The van der Waals surface area contributed by atoms with Crippen LogP contribution >= 0.6 is 0 Å². The molecule has 2 saturated heterocycles. The molecule has 0 amide bonds. The van der Waals surface area contributed by atoms with Gasteiger partial charge in [0.1, 0.15) is 11.4 Å². The molecule has 0 aromatic rings. The predicted molar refractivity (Wildman–Crippen MR) is 38.4 cm³/mol. The van der Waals surface area contributed by atoms with Crippen LogP contribution in [0.15, 0.2) is 0 Å². The highest BCUT2D eigenvalue weighted by atomic mass is 16.6. The van der Waals surface area contributed by atoms with E-state index in [1.54, 1.807) is 0 Å². The fourth-order valence-electron chi connectivity index (χ4n) is 1.72. The summed E-state index contributed by atoms with van der Waals surface area (Å²) < 4.78 is 10.8. The van der Waals surface area contributed by atoms with Gasteiger partial charge >= 0.3 is 0 Å². The first kappa shape index (κ1) is 7.25. The molecule has 3 heteroatoms. The molecular formula is C8H12O3.